The highest BCUT2D eigenvalue weighted by atomic mass is 32.2. The van der Waals surface area contributed by atoms with Gasteiger partial charge in [0.15, 0.2) is 15.8 Å². The minimum atomic E-state index is -3.16. The van der Waals surface area contributed by atoms with Crippen LogP contribution in [0.15, 0.2) is 34.2 Å². The summed E-state index contributed by atoms with van der Waals surface area (Å²) < 4.78 is 22.5. The van der Waals surface area contributed by atoms with Crippen molar-refractivity contribution in [1.29, 1.82) is 0 Å². The fourth-order valence-corrected chi connectivity index (χ4v) is 1.87. The van der Waals surface area contributed by atoms with Crippen LogP contribution in [-0.2, 0) is 9.84 Å². The summed E-state index contributed by atoms with van der Waals surface area (Å²) in [4.78, 5) is 4.39. The second-order valence-electron chi connectivity index (χ2n) is 4.03. The third-order valence-electron chi connectivity index (χ3n) is 1.95. The summed E-state index contributed by atoms with van der Waals surface area (Å²) in [5.74, 6) is 0.312. The molecule has 0 amide bonds. The second-order valence-corrected chi connectivity index (χ2v) is 6.05. The zero-order valence-electron chi connectivity index (χ0n) is 10.1. The number of aliphatic imine (C=N–C) groups is 1. The number of rotatable bonds is 3. The number of benzene rings is 1. The number of sulfone groups is 1. The first kappa shape index (κ1) is 13.5. The normalized spacial score (nSPS) is 12.8. The Hall–Kier alpha value is -1.56. The molecule has 0 aliphatic heterocycles. The fourth-order valence-electron chi connectivity index (χ4n) is 1.24. The number of anilines is 1. The monoisotopic (exact) mass is 255 g/mol. The molecule has 0 aliphatic carbocycles. The molecule has 0 saturated heterocycles. The Bertz CT molecular complexity index is 504. The van der Waals surface area contributed by atoms with Gasteiger partial charge in [-0.3, -0.25) is 4.99 Å². The fraction of sp³-hybridized carbons (Fsp3) is 0.364. The number of hydrogen-bond donors (Lipinski definition) is 2. The zero-order valence-corrected chi connectivity index (χ0v) is 11.0. The third-order valence-corrected chi connectivity index (χ3v) is 3.08. The Morgan fingerprint density at radius 1 is 1.29 bits per heavy atom. The van der Waals surface area contributed by atoms with Crippen LogP contribution in [0.4, 0.5) is 5.69 Å². The van der Waals surface area contributed by atoms with Gasteiger partial charge in [0.1, 0.15) is 0 Å². The number of nitrogens with two attached hydrogens (primary N) is 1. The molecular formula is C11H17N3O2S. The minimum absolute atomic E-state index is 0.109. The quantitative estimate of drug-likeness (QED) is 0.628. The zero-order chi connectivity index (χ0) is 13.1. The average Bonchev–Trinajstić information content (AvgIpc) is 2.15. The molecular weight excluding hydrogens is 238 g/mol. The summed E-state index contributed by atoms with van der Waals surface area (Å²) >= 11 is 0. The minimum Gasteiger partial charge on any atom is -0.370 e. The molecule has 5 nitrogen and oxygen atoms in total. The van der Waals surface area contributed by atoms with Crippen molar-refractivity contribution in [2.24, 2.45) is 10.7 Å². The van der Waals surface area contributed by atoms with Crippen LogP contribution >= 0.6 is 0 Å². The number of nitrogens with zero attached hydrogens (tertiary/aromatic N) is 1. The van der Waals surface area contributed by atoms with E-state index in [4.69, 9.17) is 5.73 Å². The Morgan fingerprint density at radius 2 is 1.82 bits per heavy atom. The Morgan fingerprint density at radius 3 is 2.24 bits per heavy atom. The molecule has 1 aromatic carbocycles. The largest absolute Gasteiger partial charge is 0.370 e. The van der Waals surface area contributed by atoms with Crippen LogP contribution in [-0.4, -0.2) is 26.7 Å². The van der Waals surface area contributed by atoms with E-state index in [1.54, 1.807) is 12.1 Å². The lowest BCUT2D eigenvalue weighted by Crippen LogP contribution is -2.23. The lowest BCUT2D eigenvalue weighted by molar-refractivity contribution is 0.602. The second kappa shape index (κ2) is 5.18. The van der Waals surface area contributed by atoms with Gasteiger partial charge < -0.3 is 11.1 Å². The molecule has 0 unspecified atom stereocenters. The van der Waals surface area contributed by atoms with Crippen molar-refractivity contribution in [1.82, 2.24) is 0 Å². The average molecular weight is 255 g/mol. The summed E-state index contributed by atoms with van der Waals surface area (Å²) in [6.07, 6.45) is 1.17. The van der Waals surface area contributed by atoms with Gasteiger partial charge in [-0.2, -0.15) is 0 Å². The van der Waals surface area contributed by atoms with Crippen molar-refractivity contribution < 1.29 is 8.42 Å². The molecule has 1 aromatic rings. The summed E-state index contributed by atoms with van der Waals surface area (Å²) in [6.45, 7) is 3.84. The van der Waals surface area contributed by atoms with Gasteiger partial charge in [-0.1, -0.05) is 0 Å². The van der Waals surface area contributed by atoms with Crippen LogP contribution in [0.25, 0.3) is 0 Å². The topological polar surface area (TPSA) is 84.5 Å². The maximum atomic E-state index is 11.2. The molecule has 1 rings (SSSR count). The van der Waals surface area contributed by atoms with Crippen LogP contribution in [0.2, 0.25) is 0 Å². The molecule has 0 aliphatic rings. The molecule has 17 heavy (non-hydrogen) atoms. The summed E-state index contributed by atoms with van der Waals surface area (Å²) in [5, 5.41) is 2.88. The highest BCUT2D eigenvalue weighted by Crippen LogP contribution is 2.13. The van der Waals surface area contributed by atoms with Crippen LogP contribution < -0.4 is 11.1 Å². The van der Waals surface area contributed by atoms with Crippen LogP contribution in [0.3, 0.4) is 0 Å². The molecule has 0 aromatic heterocycles. The lowest BCUT2D eigenvalue weighted by atomic mass is 10.3. The van der Waals surface area contributed by atoms with Crippen LogP contribution in [0.1, 0.15) is 13.8 Å². The maximum Gasteiger partial charge on any atom is 0.193 e. The van der Waals surface area contributed by atoms with Gasteiger partial charge in [0.2, 0.25) is 0 Å². The van der Waals surface area contributed by atoms with Gasteiger partial charge in [-0.25, -0.2) is 8.42 Å². The van der Waals surface area contributed by atoms with E-state index >= 15 is 0 Å². The lowest BCUT2D eigenvalue weighted by Gasteiger charge is -2.07. The van der Waals surface area contributed by atoms with Crippen molar-refractivity contribution in [2.75, 3.05) is 11.6 Å². The predicted molar refractivity (Wildman–Crippen MR) is 69.9 cm³/mol. The maximum absolute atomic E-state index is 11.2. The van der Waals surface area contributed by atoms with E-state index in [0.29, 0.717) is 11.6 Å². The Kier molecular flexibility index (Phi) is 4.11. The van der Waals surface area contributed by atoms with Gasteiger partial charge in [0, 0.05) is 18.0 Å². The number of guanidine groups is 1. The summed E-state index contributed by atoms with van der Waals surface area (Å²) in [5.41, 5.74) is 6.36. The molecule has 0 spiro atoms. The molecule has 6 heteroatoms. The van der Waals surface area contributed by atoms with E-state index in [0.717, 1.165) is 0 Å². The smallest absolute Gasteiger partial charge is 0.193 e. The van der Waals surface area contributed by atoms with Crippen molar-refractivity contribution >= 4 is 21.5 Å². The van der Waals surface area contributed by atoms with Crippen molar-refractivity contribution in [2.45, 2.75) is 24.8 Å². The Labute approximate surface area is 102 Å². The number of hydrogen-bond acceptors (Lipinski definition) is 3. The first-order valence-corrected chi connectivity index (χ1v) is 7.08. The van der Waals surface area contributed by atoms with E-state index in [-0.39, 0.29) is 10.9 Å². The first-order valence-electron chi connectivity index (χ1n) is 5.19. The van der Waals surface area contributed by atoms with Crippen LogP contribution in [0.5, 0.6) is 0 Å². The van der Waals surface area contributed by atoms with Gasteiger partial charge in [-0.15, -0.1) is 0 Å². The molecule has 0 bridgehead atoms. The van der Waals surface area contributed by atoms with Gasteiger partial charge in [0.25, 0.3) is 0 Å². The standard InChI is InChI=1S/C11H17N3O2S/c1-8(2)13-11(12)14-9-4-6-10(7-5-9)17(3,15)16/h4-8H,1-3H3,(H3,12,13,14). The molecule has 0 atom stereocenters. The van der Waals surface area contributed by atoms with Gasteiger partial charge in [-0.05, 0) is 38.1 Å². The SMILES string of the molecule is CC(C)N=C(N)Nc1ccc(S(C)(=O)=O)cc1. The first-order chi connectivity index (χ1) is 7.79. The van der Waals surface area contributed by atoms with E-state index in [1.807, 2.05) is 13.8 Å². The molecule has 3 N–H and O–H groups in total. The van der Waals surface area contributed by atoms with Crippen LogP contribution in [0, 0.1) is 0 Å². The van der Waals surface area contributed by atoms with E-state index in [9.17, 15) is 8.42 Å². The Balaban J connectivity index is 2.83. The van der Waals surface area contributed by atoms with Crippen molar-refractivity contribution in [3.63, 3.8) is 0 Å². The molecule has 94 valence electrons. The van der Waals surface area contributed by atoms with Gasteiger partial charge >= 0.3 is 0 Å². The summed E-state index contributed by atoms with van der Waals surface area (Å²) in [7, 11) is -3.16. The highest BCUT2D eigenvalue weighted by Gasteiger charge is 2.06. The molecule has 0 heterocycles. The van der Waals surface area contributed by atoms with Gasteiger partial charge in [0.05, 0.1) is 4.90 Å². The third kappa shape index (κ3) is 4.44. The molecule has 0 fully saturated rings. The van der Waals surface area contributed by atoms with E-state index in [2.05, 4.69) is 10.3 Å². The highest BCUT2D eigenvalue weighted by molar-refractivity contribution is 7.90. The number of nitrogens with one attached hydrogen (secondary N) is 1. The van der Waals surface area contributed by atoms with E-state index in [1.165, 1.54) is 18.4 Å². The van der Waals surface area contributed by atoms with Crippen molar-refractivity contribution in [3.05, 3.63) is 24.3 Å². The molecule has 0 radical (unpaired) electrons. The molecule has 0 saturated carbocycles. The summed E-state index contributed by atoms with van der Waals surface area (Å²) in [6, 6.07) is 6.47. The van der Waals surface area contributed by atoms with Crippen molar-refractivity contribution in [3.8, 4) is 0 Å². The predicted octanol–water partition coefficient (Wildman–Crippen LogP) is 1.23. The van der Waals surface area contributed by atoms with E-state index < -0.39 is 9.84 Å².